The Hall–Kier alpha value is -5.47. The molecule has 0 saturated carbocycles. The van der Waals surface area contributed by atoms with E-state index in [4.69, 9.17) is 30.1 Å². The molecule has 46 heavy (non-hydrogen) atoms. The predicted octanol–water partition coefficient (Wildman–Crippen LogP) is 5.32. The minimum absolute atomic E-state index is 0.0200. The molecule has 240 valence electrons. The van der Waals surface area contributed by atoms with Crippen molar-refractivity contribution in [1.29, 1.82) is 5.41 Å². The maximum Gasteiger partial charge on any atom is 0.335 e. The molecule has 0 unspecified atom stereocenters. The van der Waals surface area contributed by atoms with Gasteiger partial charge in [0.25, 0.3) is 11.8 Å². The highest BCUT2D eigenvalue weighted by Crippen LogP contribution is 2.42. The van der Waals surface area contributed by atoms with Crippen molar-refractivity contribution in [1.82, 2.24) is 9.88 Å². The molecule has 1 aliphatic rings. The Morgan fingerprint density at radius 2 is 1.67 bits per heavy atom. The van der Waals surface area contributed by atoms with Gasteiger partial charge in [-0.2, -0.15) is 13.8 Å². The quantitative estimate of drug-likeness (QED) is 0.125. The summed E-state index contributed by atoms with van der Waals surface area (Å²) in [6, 6.07) is 14.3. The number of nitrogens with one attached hydrogen (secondary N) is 1. The molecule has 0 spiro atoms. The second-order valence-corrected chi connectivity index (χ2v) is 10.5. The van der Waals surface area contributed by atoms with Crippen LogP contribution in [0.1, 0.15) is 21.5 Å². The first-order chi connectivity index (χ1) is 22.0. The van der Waals surface area contributed by atoms with Gasteiger partial charge in [-0.3, -0.25) is 10.3 Å². The van der Waals surface area contributed by atoms with Gasteiger partial charge in [0, 0.05) is 56.6 Å². The lowest BCUT2D eigenvalue weighted by Crippen LogP contribution is -2.35. The first kappa shape index (κ1) is 31.9. The zero-order valence-electron chi connectivity index (χ0n) is 24.9. The Morgan fingerprint density at radius 3 is 2.35 bits per heavy atom. The fourth-order valence-corrected chi connectivity index (χ4v) is 4.56. The number of ether oxygens (including phenoxy) is 4. The fourth-order valence-electron chi connectivity index (χ4n) is 4.56. The highest BCUT2D eigenvalue weighted by Gasteiger charge is 2.28. The van der Waals surface area contributed by atoms with Crippen LogP contribution in [0.15, 0.2) is 60.7 Å². The van der Waals surface area contributed by atoms with Crippen LogP contribution in [0.4, 0.5) is 14.5 Å². The summed E-state index contributed by atoms with van der Waals surface area (Å²) in [5.74, 6) is -7.29. The third kappa shape index (κ3) is 7.25. The lowest BCUT2D eigenvalue weighted by atomic mass is 10.1. The first-order valence-corrected chi connectivity index (χ1v) is 14.0. The average Bonchev–Trinajstić information content (AvgIpc) is 3.03. The van der Waals surface area contributed by atoms with Gasteiger partial charge < -0.3 is 39.8 Å². The Morgan fingerprint density at radius 1 is 0.978 bits per heavy atom. The van der Waals surface area contributed by atoms with Crippen molar-refractivity contribution in [2.45, 2.75) is 6.54 Å². The number of pyridine rings is 1. The van der Waals surface area contributed by atoms with Crippen LogP contribution in [0.5, 0.6) is 40.5 Å². The molecular weight excluding hydrogens is 604 g/mol. The predicted molar refractivity (Wildman–Crippen MR) is 164 cm³/mol. The summed E-state index contributed by atoms with van der Waals surface area (Å²) in [4.78, 5) is 19.4. The molecule has 2 heterocycles. The first-order valence-electron chi connectivity index (χ1n) is 14.0. The molecule has 0 bridgehead atoms. The Bertz CT molecular complexity index is 1780. The largest absolute Gasteiger partial charge is 0.504 e. The number of aromatic carboxylic acids is 1. The number of rotatable bonds is 11. The molecule has 14 heteroatoms. The van der Waals surface area contributed by atoms with Gasteiger partial charge in [-0.15, -0.1) is 0 Å². The molecular formula is C32H31F2N5O7. The highest BCUT2D eigenvalue weighted by molar-refractivity contribution is 5.95. The number of phenols is 1. The van der Waals surface area contributed by atoms with E-state index in [1.807, 2.05) is 4.90 Å². The Labute approximate surface area is 262 Å². The monoisotopic (exact) mass is 635 g/mol. The van der Waals surface area contributed by atoms with Crippen molar-refractivity contribution < 1.29 is 42.7 Å². The molecule has 5 rings (SSSR count). The van der Waals surface area contributed by atoms with Gasteiger partial charge in [0.2, 0.25) is 17.4 Å². The number of amidine groups is 1. The number of morpholine rings is 1. The van der Waals surface area contributed by atoms with Gasteiger partial charge in [0.1, 0.15) is 17.3 Å². The van der Waals surface area contributed by atoms with Gasteiger partial charge in [-0.1, -0.05) is 6.07 Å². The Balaban J connectivity index is 1.60. The number of carbonyl (C=O) groups is 1. The SMILES string of the molecule is CN(C)c1cccc(Oc2nc(Oc3cc(C(=N)N)ccc3O)c(F)c(Oc3ccc(C(=O)O)cc3CN3CCOCC3)c2F)c1. The molecule has 0 radical (unpaired) electrons. The van der Waals surface area contributed by atoms with Crippen LogP contribution in [0, 0.1) is 17.0 Å². The summed E-state index contributed by atoms with van der Waals surface area (Å²) in [6.07, 6.45) is 0. The second-order valence-electron chi connectivity index (χ2n) is 10.5. The van der Waals surface area contributed by atoms with Gasteiger partial charge in [0.05, 0.1) is 18.8 Å². The van der Waals surface area contributed by atoms with Crippen molar-refractivity contribution in [3.05, 3.63) is 89.0 Å². The number of halogens is 2. The number of carboxylic acids is 1. The lowest BCUT2D eigenvalue weighted by molar-refractivity contribution is 0.0339. The number of nitrogens with two attached hydrogens (primary N) is 1. The number of aromatic nitrogens is 1. The van der Waals surface area contributed by atoms with Crippen LogP contribution in [-0.2, 0) is 11.3 Å². The van der Waals surface area contributed by atoms with Crippen LogP contribution in [0.3, 0.4) is 0 Å². The van der Waals surface area contributed by atoms with Crippen LogP contribution in [-0.4, -0.2) is 72.3 Å². The molecule has 4 aromatic rings. The topological polar surface area (TPSA) is 164 Å². The van der Waals surface area contributed by atoms with Crippen molar-refractivity contribution in [3.8, 4) is 40.5 Å². The molecule has 12 nitrogen and oxygen atoms in total. The maximum atomic E-state index is 16.1. The molecule has 1 aromatic heterocycles. The van der Waals surface area contributed by atoms with Gasteiger partial charge in [0.15, 0.2) is 11.5 Å². The number of anilines is 1. The average molecular weight is 636 g/mol. The lowest BCUT2D eigenvalue weighted by Gasteiger charge is -2.27. The summed E-state index contributed by atoms with van der Waals surface area (Å²) >= 11 is 0. The van der Waals surface area contributed by atoms with Crippen LogP contribution in [0.25, 0.3) is 0 Å². The van der Waals surface area contributed by atoms with Crippen molar-refractivity contribution in [2.75, 3.05) is 45.3 Å². The van der Waals surface area contributed by atoms with E-state index in [0.717, 1.165) is 5.69 Å². The standard InChI is InChI=1S/C32H31F2N5O7/c1-38(2)21-4-3-5-22(16-21)44-30-26(33)28(27(34)31(37-30)46-25-15-18(29(35)36)6-8-23(25)40)45-24-9-7-19(32(41)42)14-20(24)17-39-10-12-43-13-11-39/h3-9,14-16,40H,10-13,17H2,1-2H3,(H3,35,36)(H,41,42). The number of hydrogen-bond acceptors (Lipinski definition) is 10. The van der Waals surface area contributed by atoms with Gasteiger partial charge >= 0.3 is 5.97 Å². The molecule has 0 aliphatic carbocycles. The normalized spacial score (nSPS) is 13.2. The van der Waals surface area contributed by atoms with Gasteiger partial charge in [-0.05, 0) is 48.5 Å². The zero-order chi connectivity index (χ0) is 33.0. The molecule has 3 aromatic carbocycles. The van der Waals surface area contributed by atoms with E-state index < -0.39 is 40.9 Å². The summed E-state index contributed by atoms with van der Waals surface area (Å²) in [5, 5.41) is 27.7. The zero-order valence-corrected chi connectivity index (χ0v) is 24.9. The van der Waals surface area contributed by atoms with Crippen LogP contribution >= 0.6 is 0 Å². The van der Waals surface area contributed by atoms with E-state index in [9.17, 15) is 15.0 Å². The number of carboxylic acid groups (broad SMARTS) is 1. The molecule has 0 amide bonds. The van der Waals surface area contributed by atoms with E-state index >= 15 is 8.78 Å². The third-order valence-electron chi connectivity index (χ3n) is 7.02. The van der Waals surface area contributed by atoms with E-state index in [1.54, 1.807) is 43.3 Å². The van der Waals surface area contributed by atoms with E-state index in [2.05, 4.69) is 4.98 Å². The van der Waals surface area contributed by atoms with Crippen molar-refractivity contribution >= 4 is 17.5 Å². The van der Waals surface area contributed by atoms with Gasteiger partial charge in [-0.25, -0.2) is 4.79 Å². The number of aromatic hydroxyl groups is 1. The number of benzene rings is 3. The van der Waals surface area contributed by atoms with E-state index in [1.165, 1.54) is 36.4 Å². The highest BCUT2D eigenvalue weighted by atomic mass is 19.1. The molecule has 1 fully saturated rings. The minimum Gasteiger partial charge on any atom is -0.504 e. The summed E-state index contributed by atoms with van der Waals surface area (Å²) < 4.78 is 54.8. The maximum absolute atomic E-state index is 16.1. The Kier molecular flexibility index (Phi) is 9.49. The molecule has 0 atom stereocenters. The van der Waals surface area contributed by atoms with E-state index in [0.29, 0.717) is 31.9 Å². The minimum atomic E-state index is -1.38. The summed E-state index contributed by atoms with van der Waals surface area (Å²) in [6.45, 7) is 2.26. The number of phenolic OH excluding ortho intramolecular Hbond substituents is 1. The second kappa shape index (κ2) is 13.7. The summed E-state index contributed by atoms with van der Waals surface area (Å²) in [7, 11) is 3.61. The number of nitrogen functional groups attached to an aromatic ring is 1. The fraction of sp³-hybridized carbons (Fsp3) is 0.219. The number of nitrogens with zero attached hydrogens (tertiary/aromatic N) is 3. The van der Waals surface area contributed by atoms with Crippen molar-refractivity contribution in [2.24, 2.45) is 5.73 Å². The van der Waals surface area contributed by atoms with E-state index in [-0.39, 0.29) is 40.8 Å². The molecule has 1 saturated heterocycles. The summed E-state index contributed by atoms with van der Waals surface area (Å²) in [5.41, 5.74) is 6.76. The third-order valence-corrected chi connectivity index (χ3v) is 7.02. The smallest absolute Gasteiger partial charge is 0.335 e. The molecule has 1 aliphatic heterocycles. The molecule has 5 N–H and O–H groups in total. The number of hydrogen-bond donors (Lipinski definition) is 4. The van der Waals surface area contributed by atoms with Crippen LogP contribution < -0.4 is 24.8 Å². The van der Waals surface area contributed by atoms with Crippen molar-refractivity contribution in [3.63, 3.8) is 0 Å². The van der Waals surface area contributed by atoms with Crippen LogP contribution in [0.2, 0.25) is 0 Å².